The van der Waals surface area contributed by atoms with Crippen molar-refractivity contribution in [3.63, 3.8) is 0 Å². The largest absolute Gasteiger partial charge is 0.373 e. The van der Waals surface area contributed by atoms with Crippen molar-refractivity contribution < 1.29 is 0 Å². The Morgan fingerprint density at radius 3 is 2.42 bits per heavy atom. The standard InChI is InChI=1S/C14H20N4S/c1-4-10-6-7-11(19-10)9-16-14-8-13(15-3)17-12(5-2)18-14/h6-8H,4-5,9H2,1-3H3,(H2,15,16,17,18). The Morgan fingerprint density at radius 1 is 1.05 bits per heavy atom. The second-order valence-corrected chi connectivity index (χ2v) is 5.49. The molecule has 0 saturated heterocycles. The van der Waals surface area contributed by atoms with E-state index in [4.69, 9.17) is 0 Å². The van der Waals surface area contributed by atoms with E-state index in [1.807, 2.05) is 24.5 Å². The van der Waals surface area contributed by atoms with Gasteiger partial charge in [-0.2, -0.15) is 0 Å². The maximum atomic E-state index is 4.48. The SMILES string of the molecule is CCc1nc(NC)cc(NCc2ccc(CC)s2)n1. The molecular weight excluding hydrogens is 256 g/mol. The van der Waals surface area contributed by atoms with E-state index in [-0.39, 0.29) is 0 Å². The van der Waals surface area contributed by atoms with Gasteiger partial charge in [-0.1, -0.05) is 13.8 Å². The molecule has 2 aromatic heterocycles. The van der Waals surface area contributed by atoms with Gasteiger partial charge in [0.2, 0.25) is 0 Å². The van der Waals surface area contributed by atoms with Crippen LogP contribution >= 0.6 is 11.3 Å². The summed E-state index contributed by atoms with van der Waals surface area (Å²) in [5.74, 6) is 2.59. The summed E-state index contributed by atoms with van der Waals surface area (Å²) in [5.41, 5.74) is 0. The lowest BCUT2D eigenvalue weighted by Crippen LogP contribution is -2.05. The van der Waals surface area contributed by atoms with Crippen LogP contribution in [0.4, 0.5) is 11.6 Å². The molecule has 2 heterocycles. The number of hydrogen-bond donors (Lipinski definition) is 2. The smallest absolute Gasteiger partial charge is 0.132 e. The second kappa shape index (κ2) is 6.52. The molecular formula is C14H20N4S. The molecule has 0 radical (unpaired) electrons. The minimum absolute atomic E-state index is 0.813. The zero-order valence-corrected chi connectivity index (χ0v) is 12.5. The molecule has 0 aromatic carbocycles. The Bertz CT molecular complexity index is 514. The average Bonchev–Trinajstić information content (AvgIpc) is 2.92. The first-order chi connectivity index (χ1) is 9.25. The van der Waals surface area contributed by atoms with E-state index < -0.39 is 0 Å². The van der Waals surface area contributed by atoms with Gasteiger partial charge in [0.05, 0.1) is 6.54 Å². The Morgan fingerprint density at radius 2 is 1.79 bits per heavy atom. The molecule has 0 unspecified atom stereocenters. The van der Waals surface area contributed by atoms with Crippen LogP contribution in [0, 0.1) is 0 Å². The molecule has 102 valence electrons. The van der Waals surface area contributed by atoms with Crippen LogP contribution in [0.2, 0.25) is 0 Å². The molecule has 0 spiro atoms. The maximum Gasteiger partial charge on any atom is 0.132 e. The zero-order valence-electron chi connectivity index (χ0n) is 11.7. The third-order valence-electron chi connectivity index (χ3n) is 2.85. The molecule has 0 fully saturated rings. The molecule has 0 aliphatic rings. The van der Waals surface area contributed by atoms with Gasteiger partial charge in [-0.25, -0.2) is 9.97 Å². The molecule has 5 heteroatoms. The molecule has 0 saturated carbocycles. The van der Waals surface area contributed by atoms with E-state index in [2.05, 4.69) is 46.6 Å². The Labute approximate surface area is 118 Å². The van der Waals surface area contributed by atoms with Crippen molar-refractivity contribution in [3.8, 4) is 0 Å². The van der Waals surface area contributed by atoms with Crippen LogP contribution in [0.1, 0.15) is 29.4 Å². The highest BCUT2D eigenvalue weighted by Gasteiger charge is 2.03. The van der Waals surface area contributed by atoms with Crippen molar-refractivity contribution in [1.29, 1.82) is 0 Å². The van der Waals surface area contributed by atoms with Crippen molar-refractivity contribution in [3.05, 3.63) is 33.8 Å². The molecule has 0 aliphatic heterocycles. The van der Waals surface area contributed by atoms with Gasteiger partial charge in [-0.05, 0) is 18.6 Å². The first-order valence-electron chi connectivity index (χ1n) is 6.62. The average molecular weight is 276 g/mol. The van der Waals surface area contributed by atoms with Gasteiger partial charge in [0.1, 0.15) is 17.5 Å². The van der Waals surface area contributed by atoms with Gasteiger partial charge in [0.25, 0.3) is 0 Å². The van der Waals surface area contributed by atoms with Crippen LogP contribution in [-0.2, 0) is 19.4 Å². The zero-order chi connectivity index (χ0) is 13.7. The normalized spacial score (nSPS) is 10.5. The number of anilines is 2. The predicted octanol–water partition coefficient (Wildman–Crippen LogP) is 3.32. The van der Waals surface area contributed by atoms with Crippen molar-refractivity contribution in [1.82, 2.24) is 9.97 Å². The van der Waals surface area contributed by atoms with Gasteiger partial charge in [-0.15, -0.1) is 11.3 Å². The number of hydrogen-bond acceptors (Lipinski definition) is 5. The van der Waals surface area contributed by atoms with E-state index in [1.54, 1.807) is 0 Å². The summed E-state index contributed by atoms with van der Waals surface area (Å²) in [4.78, 5) is 11.6. The van der Waals surface area contributed by atoms with Gasteiger partial charge >= 0.3 is 0 Å². The predicted molar refractivity (Wildman–Crippen MR) is 82.0 cm³/mol. The van der Waals surface area contributed by atoms with Crippen LogP contribution in [-0.4, -0.2) is 17.0 Å². The van der Waals surface area contributed by atoms with Crippen LogP contribution < -0.4 is 10.6 Å². The maximum absolute atomic E-state index is 4.48. The number of nitrogens with one attached hydrogen (secondary N) is 2. The Hall–Kier alpha value is -1.62. The number of aromatic nitrogens is 2. The van der Waals surface area contributed by atoms with E-state index in [9.17, 15) is 0 Å². The van der Waals surface area contributed by atoms with Crippen molar-refractivity contribution in [2.75, 3.05) is 17.7 Å². The fourth-order valence-electron chi connectivity index (χ4n) is 1.76. The quantitative estimate of drug-likeness (QED) is 0.850. The Balaban J connectivity index is 2.05. The summed E-state index contributed by atoms with van der Waals surface area (Å²) < 4.78 is 0. The van der Waals surface area contributed by atoms with Crippen molar-refractivity contribution in [2.45, 2.75) is 33.2 Å². The Kier molecular flexibility index (Phi) is 4.74. The fourth-order valence-corrected chi connectivity index (χ4v) is 2.66. The third kappa shape index (κ3) is 3.67. The molecule has 2 rings (SSSR count). The molecule has 0 bridgehead atoms. The molecule has 0 amide bonds. The van der Waals surface area contributed by atoms with Gasteiger partial charge in [0.15, 0.2) is 0 Å². The van der Waals surface area contributed by atoms with Gasteiger partial charge < -0.3 is 10.6 Å². The first kappa shape index (κ1) is 13.8. The topological polar surface area (TPSA) is 49.8 Å². The fraction of sp³-hybridized carbons (Fsp3) is 0.429. The van der Waals surface area contributed by atoms with Gasteiger partial charge in [0, 0.05) is 29.3 Å². The number of aryl methyl sites for hydroxylation is 2. The van der Waals surface area contributed by atoms with Gasteiger partial charge in [-0.3, -0.25) is 0 Å². The van der Waals surface area contributed by atoms with Crippen LogP contribution in [0.3, 0.4) is 0 Å². The number of rotatable bonds is 6. The number of thiophene rings is 1. The summed E-state index contributed by atoms with van der Waals surface area (Å²) in [6.45, 7) is 5.06. The summed E-state index contributed by atoms with van der Waals surface area (Å²) in [6.07, 6.45) is 1.94. The minimum Gasteiger partial charge on any atom is -0.373 e. The monoisotopic (exact) mass is 276 g/mol. The summed E-state index contributed by atoms with van der Waals surface area (Å²) in [5, 5.41) is 6.43. The first-order valence-corrected chi connectivity index (χ1v) is 7.44. The van der Waals surface area contributed by atoms with E-state index >= 15 is 0 Å². The van der Waals surface area contributed by atoms with Crippen molar-refractivity contribution in [2.24, 2.45) is 0 Å². The summed E-state index contributed by atoms with van der Waals surface area (Å²) in [7, 11) is 1.87. The molecule has 2 aromatic rings. The lowest BCUT2D eigenvalue weighted by molar-refractivity contribution is 0.936. The van der Waals surface area contributed by atoms with Crippen molar-refractivity contribution >= 4 is 23.0 Å². The molecule has 0 atom stereocenters. The highest BCUT2D eigenvalue weighted by molar-refractivity contribution is 7.12. The van der Waals surface area contributed by atoms with E-state index in [1.165, 1.54) is 9.75 Å². The molecule has 2 N–H and O–H groups in total. The second-order valence-electron chi connectivity index (χ2n) is 4.23. The summed E-state index contributed by atoms with van der Waals surface area (Å²) >= 11 is 1.85. The van der Waals surface area contributed by atoms with Crippen LogP contribution in [0.25, 0.3) is 0 Å². The van der Waals surface area contributed by atoms with E-state index in [0.29, 0.717) is 0 Å². The van der Waals surface area contributed by atoms with Crippen LogP contribution in [0.5, 0.6) is 0 Å². The number of nitrogens with zero attached hydrogens (tertiary/aromatic N) is 2. The highest BCUT2D eigenvalue weighted by Crippen LogP contribution is 2.19. The summed E-state index contributed by atoms with van der Waals surface area (Å²) in [6, 6.07) is 6.31. The lowest BCUT2D eigenvalue weighted by atomic mass is 10.3. The molecule has 0 aliphatic carbocycles. The molecule has 4 nitrogen and oxygen atoms in total. The van der Waals surface area contributed by atoms with Crippen LogP contribution in [0.15, 0.2) is 18.2 Å². The van der Waals surface area contributed by atoms with E-state index in [0.717, 1.165) is 36.8 Å². The minimum atomic E-state index is 0.813. The lowest BCUT2D eigenvalue weighted by Gasteiger charge is -2.08. The third-order valence-corrected chi connectivity index (χ3v) is 4.08. The highest BCUT2D eigenvalue weighted by atomic mass is 32.1. The molecule has 19 heavy (non-hydrogen) atoms.